The Bertz CT molecular complexity index is 1990. The van der Waals surface area contributed by atoms with Gasteiger partial charge in [0.05, 0.1) is 11.4 Å². The summed E-state index contributed by atoms with van der Waals surface area (Å²) in [6.45, 7) is 0. The van der Waals surface area contributed by atoms with Crippen molar-refractivity contribution < 1.29 is 25.8 Å². The van der Waals surface area contributed by atoms with E-state index < -0.39 is 0 Å². The molecule has 8 rings (SSSR count). The molecular weight excluding hydrogens is 703 g/mol. The molecule has 0 aliphatic rings. The van der Waals surface area contributed by atoms with Gasteiger partial charge < -0.3 is 13.9 Å². The van der Waals surface area contributed by atoms with Crippen molar-refractivity contribution in [1.29, 1.82) is 0 Å². The van der Waals surface area contributed by atoms with Crippen LogP contribution in [0.3, 0.4) is 0 Å². The fourth-order valence-electron chi connectivity index (χ4n) is 5.22. The Labute approximate surface area is 256 Å². The maximum Gasteiger partial charge on any atom is 2.00 e. The minimum Gasteiger partial charge on any atom is -0.509 e. The average Bonchev–Trinajstić information content (AvgIpc) is 3.80. The summed E-state index contributed by atoms with van der Waals surface area (Å²) in [6, 6.07) is 39.2. The Morgan fingerprint density at radius 2 is 0.976 bits per heavy atom. The first-order chi connectivity index (χ1) is 20.3. The molecule has 0 aliphatic heterocycles. The van der Waals surface area contributed by atoms with Crippen molar-refractivity contribution in [2.75, 3.05) is 0 Å². The molecule has 4 aromatic carbocycles. The number of fused-ring (bicyclic) bond motifs is 2. The Morgan fingerprint density at radius 3 is 1.43 bits per heavy atom. The van der Waals surface area contributed by atoms with Gasteiger partial charge in [-0.3, -0.25) is 8.80 Å². The molecule has 42 heavy (non-hydrogen) atoms. The van der Waals surface area contributed by atoms with Crippen LogP contribution in [0.25, 0.3) is 45.4 Å². The number of rotatable bonds is 6. The molecule has 0 radical (unpaired) electrons. The van der Waals surface area contributed by atoms with E-state index in [9.17, 15) is 0 Å². The van der Waals surface area contributed by atoms with Crippen LogP contribution in [0, 0.1) is 12.1 Å². The second-order valence-electron chi connectivity index (χ2n) is 9.60. The first kappa shape index (κ1) is 25.8. The molecule has 0 N–H and O–H groups in total. The molecule has 0 aliphatic carbocycles. The van der Waals surface area contributed by atoms with Gasteiger partial charge in [0, 0.05) is 59.8 Å². The molecule has 0 fully saturated rings. The molecule has 8 aromatic rings. The molecule has 204 valence electrons. The molecule has 0 saturated carbocycles. The van der Waals surface area contributed by atoms with Crippen molar-refractivity contribution in [3.63, 3.8) is 0 Å². The zero-order valence-electron chi connectivity index (χ0n) is 22.1. The first-order valence-electron chi connectivity index (χ1n) is 13.2. The van der Waals surface area contributed by atoms with Gasteiger partial charge in [-0.15, -0.1) is 36.4 Å². The van der Waals surface area contributed by atoms with E-state index in [1.54, 1.807) is 12.4 Å². The fourth-order valence-corrected chi connectivity index (χ4v) is 5.22. The van der Waals surface area contributed by atoms with E-state index in [0.717, 1.165) is 45.4 Å². The summed E-state index contributed by atoms with van der Waals surface area (Å²) in [6.07, 6.45) is 11.6. The van der Waals surface area contributed by atoms with Crippen molar-refractivity contribution in [2.45, 2.75) is 0 Å². The Balaban J connectivity index is 0.00000288. The SMILES string of the molecule is [Pt+2].[c-]1c(Oc2[c-]c(-n3c(-c4ccccc4)cn4ccnc34)ccc2)cccc1-n1c(-c2ccccc2)cn2ccnc12. The number of nitrogens with zero attached hydrogens (tertiary/aromatic N) is 6. The largest absolute Gasteiger partial charge is 2.00 e. The molecule has 4 aromatic heterocycles. The van der Waals surface area contributed by atoms with Crippen LogP contribution in [0.15, 0.2) is 134 Å². The molecule has 0 atom stereocenters. The number of hydrogen-bond acceptors (Lipinski definition) is 3. The van der Waals surface area contributed by atoms with Gasteiger partial charge >= 0.3 is 21.1 Å². The summed E-state index contributed by atoms with van der Waals surface area (Å²) in [5.74, 6) is 2.76. The van der Waals surface area contributed by atoms with Crippen molar-refractivity contribution in [3.05, 3.63) is 146 Å². The summed E-state index contributed by atoms with van der Waals surface area (Å²) in [4.78, 5) is 9.19. The van der Waals surface area contributed by atoms with Crippen molar-refractivity contribution in [3.8, 4) is 45.4 Å². The van der Waals surface area contributed by atoms with E-state index in [1.165, 1.54) is 0 Å². The zero-order valence-corrected chi connectivity index (χ0v) is 24.4. The number of imidazole rings is 4. The predicted octanol–water partition coefficient (Wildman–Crippen LogP) is 7.29. The van der Waals surface area contributed by atoms with Gasteiger partial charge in [-0.2, -0.15) is 12.1 Å². The number of aromatic nitrogens is 6. The summed E-state index contributed by atoms with van der Waals surface area (Å²) in [5, 5.41) is 0. The quantitative estimate of drug-likeness (QED) is 0.169. The Morgan fingerprint density at radius 1 is 0.524 bits per heavy atom. The zero-order chi connectivity index (χ0) is 27.2. The van der Waals surface area contributed by atoms with E-state index in [4.69, 9.17) is 4.74 Å². The second-order valence-corrected chi connectivity index (χ2v) is 9.60. The monoisotopic (exact) mass is 725 g/mol. The van der Waals surface area contributed by atoms with Crippen LogP contribution in [0.4, 0.5) is 0 Å². The maximum atomic E-state index is 6.34. The predicted molar refractivity (Wildman–Crippen MR) is 158 cm³/mol. The third kappa shape index (κ3) is 4.44. The van der Waals surface area contributed by atoms with Gasteiger partial charge in [0.2, 0.25) is 11.6 Å². The third-order valence-electron chi connectivity index (χ3n) is 7.05. The molecule has 7 nitrogen and oxygen atoms in total. The minimum atomic E-state index is 0. The van der Waals surface area contributed by atoms with E-state index in [1.807, 2.05) is 94.0 Å². The van der Waals surface area contributed by atoms with Crippen molar-refractivity contribution in [1.82, 2.24) is 27.9 Å². The smallest absolute Gasteiger partial charge is 0.509 e. The van der Waals surface area contributed by atoms with Crippen molar-refractivity contribution in [2.24, 2.45) is 0 Å². The summed E-state index contributed by atoms with van der Waals surface area (Å²) in [5.41, 5.74) is 5.86. The standard InChI is InChI=1S/C34H22N6O.Pt/c1-3-9-25(10-4-1)31-23-37-19-17-35-33(37)39(31)27-13-7-15-29(21-27)41-30-16-8-14-28(22-30)40-32(26-11-5-2-6-12-26)24-38-20-18-36-34(38)40;/h1-20,23-24H;/q-2;+2. The average molecular weight is 726 g/mol. The van der Waals surface area contributed by atoms with Crippen LogP contribution in [0.1, 0.15) is 0 Å². The topological polar surface area (TPSA) is 53.7 Å². The van der Waals surface area contributed by atoms with Gasteiger partial charge in [-0.05, 0) is 0 Å². The minimum absolute atomic E-state index is 0. The second kappa shape index (κ2) is 10.7. The van der Waals surface area contributed by atoms with Crippen LogP contribution in [0.2, 0.25) is 0 Å². The molecule has 0 saturated heterocycles. The van der Waals surface area contributed by atoms with Crippen LogP contribution in [0.5, 0.6) is 11.5 Å². The van der Waals surface area contributed by atoms with Crippen molar-refractivity contribution >= 4 is 11.6 Å². The molecule has 0 spiro atoms. The third-order valence-corrected chi connectivity index (χ3v) is 7.05. The number of ether oxygens (including phenoxy) is 1. The van der Waals surface area contributed by atoms with Crippen LogP contribution in [-0.4, -0.2) is 27.9 Å². The fraction of sp³-hybridized carbons (Fsp3) is 0. The molecule has 8 heteroatoms. The maximum absolute atomic E-state index is 6.34. The van der Waals surface area contributed by atoms with E-state index in [-0.39, 0.29) is 21.1 Å². The van der Waals surface area contributed by atoms with Gasteiger partial charge in [0.15, 0.2) is 0 Å². The van der Waals surface area contributed by atoms with Crippen LogP contribution >= 0.6 is 0 Å². The molecule has 0 unspecified atom stereocenters. The molecule has 0 amide bonds. The summed E-state index contributed by atoms with van der Waals surface area (Å²) in [7, 11) is 0. The van der Waals surface area contributed by atoms with Crippen LogP contribution in [-0.2, 0) is 21.1 Å². The van der Waals surface area contributed by atoms with Crippen LogP contribution < -0.4 is 4.74 Å². The van der Waals surface area contributed by atoms with Gasteiger partial charge in [-0.1, -0.05) is 72.0 Å². The van der Waals surface area contributed by atoms with Gasteiger partial charge in [0.25, 0.3) is 0 Å². The van der Waals surface area contributed by atoms with E-state index in [2.05, 4.69) is 67.9 Å². The molecule has 4 heterocycles. The normalized spacial score (nSPS) is 11.1. The van der Waals surface area contributed by atoms with E-state index >= 15 is 0 Å². The molecule has 0 bridgehead atoms. The van der Waals surface area contributed by atoms with Gasteiger partial charge in [-0.25, -0.2) is 9.97 Å². The first-order valence-corrected chi connectivity index (χ1v) is 13.2. The number of hydrogen-bond donors (Lipinski definition) is 0. The summed E-state index contributed by atoms with van der Waals surface area (Å²) < 4.78 is 14.5. The number of benzene rings is 4. The van der Waals surface area contributed by atoms with Gasteiger partial charge in [0.1, 0.15) is 0 Å². The summed E-state index contributed by atoms with van der Waals surface area (Å²) >= 11 is 0. The Kier molecular flexibility index (Phi) is 6.57. The Hall–Kier alpha value is -5.13. The van der Waals surface area contributed by atoms with E-state index in [0.29, 0.717) is 11.5 Å². The molecular formula is C34H22N6OPt.